The van der Waals surface area contributed by atoms with Crippen molar-refractivity contribution in [2.75, 3.05) is 30.7 Å². The number of likely N-dealkylation sites (tertiary alicyclic amines) is 1. The highest BCUT2D eigenvalue weighted by Crippen LogP contribution is 2.24. The number of piperidine rings is 1. The lowest BCUT2D eigenvalue weighted by Crippen LogP contribution is -2.39. The first-order chi connectivity index (χ1) is 12.8. The molecule has 2 aromatic carbocycles. The Hall–Kier alpha value is -2.34. The molecule has 0 saturated carbocycles. The highest BCUT2D eigenvalue weighted by molar-refractivity contribution is 7.92. The second-order valence-electron chi connectivity index (χ2n) is 7.21. The van der Waals surface area contributed by atoms with Crippen LogP contribution in [-0.2, 0) is 16.4 Å². The number of sulfonamides is 1. The molecule has 2 aromatic rings. The van der Waals surface area contributed by atoms with Crippen LogP contribution in [0.25, 0.3) is 0 Å². The van der Waals surface area contributed by atoms with Gasteiger partial charge in [0.15, 0.2) is 0 Å². The van der Waals surface area contributed by atoms with Gasteiger partial charge in [-0.2, -0.15) is 0 Å². The van der Waals surface area contributed by atoms with E-state index in [1.54, 1.807) is 24.3 Å². The van der Waals surface area contributed by atoms with Crippen molar-refractivity contribution in [1.82, 2.24) is 4.90 Å². The Morgan fingerprint density at radius 3 is 2.37 bits per heavy atom. The first kappa shape index (κ1) is 19.4. The van der Waals surface area contributed by atoms with E-state index in [4.69, 9.17) is 0 Å². The number of hydrogen-bond acceptors (Lipinski definition) is 3. The molecule has 0 spiro atoms. The summed E-state index contributed by atoms with van der Waals surface area (Å²) < 4.78 is 24.7. The number of anilines is 1. The number of nitrogens with zero attached hydrogens (tertiary/aromatic N) is 2. The van der Waals surface area contributed by atoms with Crippen molar-refractivity contribution in [3.05, 3.63) is 65.7 Å². The van der Waals surface area contributed by atoms with Crippen molar-refractivity contribution in [1.29, 1.82) is 0 Å². The van der Waals surface area contributed by atoms with Gasteiger partial charge in [-0.15, -0.1) is 0 Å². The predicted octanol–water partition coefficient (Wildman–Crippen LogP) is 3.18. The van der Waals surface area contributed by atoms with E-state index in [0.29, 0.717) is 17.2 Å². The van der Waals surface area contributed by atoms with Gasteiger partial charge in [0.1, 0.15) is 0 Å². The van der Waals surface area contributed by atoms with Gasteiger partial charge in [0.05, 0.1) is 11.9 Å². The third kappa shape index (κ3) is 4.89. The maximum absolute atomic E-state index is 12.8. The molecule has 1 saturated heterocycles. The zero-order valence-corrected chi connectivity index (χ0v) is 16.7. The molecular formula is C21H26N2O3S. The molecule has 5 nitrogen and oxygen atoms in total. The second-order valence-corrected chi connectivity index (χ2v) is 9.22. The molecule has 0 N–H and O–H groups in total. The lowest BCUT2D eigenvalue weighted by Gasteiger charge is -2.32. The number of benzene rings is 2. The average Bonchev–Trinajstić information content (AvgIpc) is 2.67. The number of amides is 1. The molecule has 3 rings (SSSR count). The van der Waals surface area contributed by atoms with Gasteiger partial charge in [-0.05, 0) is 48.9 Å². The van der Waals surface area contributed by atoms with E-state index in [1.165, 1.54) is 16.9 Å². The van der Waals surface area contributed by atoms with E-state index in [2.05, 4.69) is 24.3 Å². The molecule has 1 aliphatic heterocycles. The first-order valence-electron chi connectivity index (χ1n) is 9.22. The van der Waals surface area contributed by atoms with Crippen molar-refractivity contribution in [3.63, 3.8) is 0 Å². The molecule has 0 radical (unpaired) electrons. The fourth-order valence-electron chi connectivity index (χ4n) is 3.50. The van der Waals surface area contributed by atoms with Crippen LogP contribution in [0.4, 0.5) is 5.69 Å². The highest BCUT2D eigenvalue weighted by atomic mass is 32.2. The fourth-order valence-corrected chi connectivity index (χ4v) is 3.99. The molecule has 0 aliphatic carbocycles. The van der Waals surface area contributed by atoms with Crippen molar-refractivity contribution < 1.29 is 13.2 Å². The van der Waals surface area contributed by atoms with E-state index in [9.17, 15) is 13.2 Å². The molecular weight excluding hydrogens is 360 g/mol. The predicted molar refractivity (Wildman–Crippen MR) is 108 cm³/mol. The minimum atomic E-state index is -3.35. The molecule has 27 heavy (non-hydrogen) atoms. The smallest absolute Gasteiger partial charge is 0.253 e. The number of hydrogen-bond donors (Lipinski definition) is 0. The molecule has 144 valence electrons. The molecule has 1 heterocycles. The summed E-state index contributed by atoms with van der Waals surface area (Å²) in [5, 5.41) is 0. The Bertz CT molecular complexity index is 889. The molecule has 6 heteroatoms. The number of carbonyl (C=O) groups excluding carboxylic acids is 1. The van der Waals surface area contributed by atoms with Crippen LogP contribution in [-0.4, -0.2) is 45.6 Å². The molecule has 1 fully saturated rings. The van der Waals surface area contributed by atoms with Crippen LogP contribution in [0.3, 0.4) is 0 Å². The van der Waals surface area contributed by atoms with Crippen molar-refractivity contribution in [2.24, 2.45) is 5.92 Å². The van der Waals surface area contributed by atoms with Crippen LogP contribution in [0.5, 0.6) is 0 Å². The lowest BCUT2D eigenvalue weighted by molar-refractivity contribution is 0.0690. The Labute approximate surface area is 161 Å². The van der Waals surface area contributed by atoms with Crippen molar-refractivity contribution in [2.45, 2.75) is 19.3 Å². The van der Waals surface area contributed by atoms with Gasteiger partial charge in [-0.3, -0.25) is 9.10 Å². The highest BCUT2D eigenvalue weighted by Gasteiger charge is 2.24. The normalized spacial score (nSPS) is 15.6. The summed E-state index contributed by atoms with van der Waals surface area (Å²) in [6.45, 7) is 1.48. The van der Waals surface area contributed by atoms with Crippen LogP contribution in [0.15, 0.2) is 54.6 Å². The van der Waals surface area contributed by atoms with E-state index < -0.39 is 10.0 Å². The molecule has 1 amide bonds. The summed E-state index contributed by atoms with van der Waals surface area (Å²) in [7, 11) is -1.86. The average molecular weight is 387 g/mol. The van der Waals surface area contributed by atoms with E-state index in [-0.39, 0.29) is 5.91 Å². The fraction of sp³-hybridized carbons (Fsp3) is 0.381. The van der Waals surface area contributed by atoms with Crippen LogP contribution in [0, 0.1) is 5.92 Å². The zero-order chi connectivity index (χ0) is 19.4. The molecule has 0 unspecified atom stereocenters. The lowest BCUT2D eigenvalue weighted by atomic mass is 9.90. The number of rotatable bonds is 5. The van der Waals surface area contributed by atoms with Gasteiger partial charge in [-0.1, -0.05) is 36.4 Å². The van der Waals surface area contributed by atoms with E-state index in [0.717, 1.165) is 38.6 Å². The third-order valence-corrected chi connectivity index (χ3v) is 6.43. The second kappa shape index (κ2) is 8.13. The van der Waals surface area contributed by atoms with Crippen molar-refractivity contribution in [3.8, 4) is 0 Å². The molecule has 0 aromatic heterocycles. The number of carbonyl (C=O) groups is 1. The van der Waals surface area contributed by atoms with Gasteiger partial charge in [0.25, 0.3) is 5.91 Å². The minimum absolute atomic E-state index is 0.0306. The third-order valence-electron chi connectivity index (χ3n) is 5.22. The van der Waals surface area contributed by atoms with Crippen LogP contribution < -0.4 is 4.31 Å². The Morgan fingerprint density at radius 2 is 1.74 bits per heavy atom. The summed E-state index contributed by atoms with van der Waals surface area (Å²) in [6, 6.07) is 17.3. The van der Waals surface area contributed by atoms with E-state index >= 15 is 0 Å². The summed E-state index contributed by atoms with van der Waals surface area (Å²) in [4.78, 5) is 14.7. The Balaban J connectivity index is 1.62. The van der Waals surface area contributed by atoms with Crippen LogP contribution >= 0.6 is 0 Å². The monoisotopic (exact) mass is 386 g/mol. The van der Waals surface area contributed by atoms with Gasteiger partial charge in [-0.25, -0.2) is 8.42 Å². The van der Waals surface area contributed by atoms with E-state index in [1.807, 2.05) is 11.0 Å². The van der Waals surface area contributed by atoms with Gasteiger partial charge < -0.3 is 4.90 Å². The van der Waals surface area contributed by atoms with Crippen LogP contribution in [0.2, 0.25) is 0 Å². The summed E-state index contributed by atoms with van der Waals surface area (Å²) >= 11 is 0. The Kier molecular flexibility index (Phi) is 5.85. The Morgan fingerprint density at radius 1 is 1.07 bits per heavy atom. The summed E-state index contributed by atoms with van der Waals surface area (Å²) in [5.41, 5.74) is 2.38. The van der Waals surface area contributed by atoms with Crippen LogP contribution in [0.1, 0.15) is 28.8 Å². The molecule has 0 bridgehead atoms. The first-order valence-corrected chi connectivity index (χ1v) is 11.1. The quantitative estimate of drug-likeness (QED) is 0.793. The van der Waals surface area contributed by atoms with Gasteiger partial charge in [0.2, 0.25) is 10.0 Å². The molecule has 1 aliphatic rings. The SMILES string of the molecule is CN(c1cccc(C(=O)N2CCC(Cc3ccccc3)CC2)c1)S(C)(=O)=O. The van der Waals surface area contributed by atoms with Crippen molar-refractivity contribution >= 4 is 21.6 Å². The summed E-state index contributed by atoms with van der Waals surface area (Å²) in [6.07, 6.45) is 4.18. The standard InChI is InChI=1S/C21H26N2O3S/c1-22(27(2,25)26)20-10-6-9-19(16-20)21(24)23-13-11-18(12-14-23)15-17-7-4-3-5-8-17/h3-10,16,18H,11-15H2,1-2H3. The largest absolute Gasteiger partial charge is 0.339 e. The molecule has 0 atom stereocenters. The summed E-state index contributed by atoms with van der Waals surface area (Å²) in [5.74, 6) is 0.566. The maximum Gasteiger partial charge on any atom is 0.253 e. The van der Waals surface area contributed by atoms with Gasteiger partial charge >= 0.3 is 0 Å². The maximum atomic E-state index is 12.8. The van der Waals surface area contributed by atoms with Gasteiger partial charge in [0, 0.05) is 25.7 Å². The zero-order valence-electron chi connectivity index (χ0n) is 15.8. The topological polar surface area (TPSA) is 57.7 Å². The minimum Gasteiger partial charge on any atom is -0.339 e.